The van der Waals surface area contributed by atoms with E-state index in [0.29, 0.717) is 37.9 Å². The van der Waals surface area contributed by atoms with Crippen molar-refractivity contribution >= 4 is 11.8 Å². The molecular weight excluding hydrogens is 373 g/mol. The quantitative estimate of drug-likeness (QED) is 0.809. The topological polar surface area (TPSA) is 76.9 Å². The van der Waals surface area contributed by atoms with Crippen LogP contribution in [0.4, 0.5) is 24.9 Å². The second kappa shape index (κ2) is 7.94. The summed E-state index contributed by atoms with van der Waals surface area (Å²) in [6.45, 7) is 2.57. The van der Waals surface area contributed by atoms with Gasteiger partial charge in [-0.15, -0.1) is 0 Å². The third-order valence-corrected chi connectivity index (χ3v) is 5.10. The molecule has 2 aromatic rings. The molecule has 2 N–H and O–H groups in total. The molecule has 0 aromatic carbocycles. The number of imidazole rings is 1. The maximum Gasteiger partial charge on any atom is 0.434 e. The predicted molar refractivity (Wildman–Crippen MR) is 97.0 cm³/mol. The second-order valence-electron chi connectivity index (χ2n) is 7.30. The summed E-state index contributed by atoms with van der Waals surface area (Å²) < 4.78 is 45.6. The zero-order valence-corrected chi connectivity index (χ0v) is 15.4. The molecule has 2 atom stereocenters. The average molecular weight is 396 g/mol. The number of nitrogens with one attached hydrogen (secondary N) is 2. The van der Waals surface area contributed by atoms with Gasteiger partial charge in [-0.05, 0) is 31.2 Å². The zero-order chi connectivity index (χ0) is 19.6. The second-order valence-corrected chi connectivity index (χ2v) is 7.30. The summed E-state index contributed by atoms with van der Waals surface area (Å²) in [5.74, 6) is 1.94. The van der Waals surface area contributed by atoms with Gasteiger partial charge in [-0.1, -0.05) is 0 Å². The molecule has 1 saturated heterocycles. The zero-order valence-electron chi connectivity index (χ0n) is 15.4. The lowest BCUT2D eigenvalue weighted by Crippen LogP contribution is -2.30. The largest absolute Gasteiger partial charge is 0.434 e. The molecule has 0 aliphatic carbocycles. The van der Waals surface area contributed by atoms with Crippen LogP contribution in [-0.2, 0) is 23.9 Å². The van der Waals surface area contributed by atoms with Gasteiger partial charge in [0.15, 0.2) is 5.69 Å². The van der Waals surface area contributed by atoms with Crippen LogP contribution in [0.15, 0.2) is 18.5 Å². The molecule has 2 aromatic heterocycles. The molecule has 0 bridgehead atoms. The van der Waals surface area contributed by atoms with Crippen molar-refractivity contribution in [1.29, 1.82) is 0 Å². The fourth-order valence-electron chi connectivity index (χ4n) is 3.64. The van der Waals surface area contributed by atoms with Gasteiger partial charge in [-0.25, -0.2) is 9.97 Å². The van der Waals surface area contributed by atoms with E-state index in [4.69, 9.17) is 4.74 Å². The van der Waals surface area contributed by atoms with E-state index in [9.17, 15) is 13.2 Å². The van der Waals surface area contributed by atoms with E-state index in [-0.39, 0.29) is 12.0 Å². The fraction of sp³-hybridized carbons (Fsp3) is 0.611. The van der Waals surface area contributed by atoms with Crippen LogP contribution in [0.25, 0.3) is 0 Å². The van der Waals surface area contributed by atoms with Crippen molar-refractivity contribution in [2.24, 2.45) is 5.92 Å². The summed E-state index contributed by atoms with van der Waals surface area (Å²) >= 11 is 0. The molecule has 2 aliphatic heterocycles. The monoisotopic (exact) mass is 396 g/mol. The third kappa shape index (κ3) is 4.54. The van der Waals surface area contributed by atoms with E-state index in [1.807, 2.05) is 6.07 Å². The van der Waals surface area contributed by atoms with E-state index in [2.05, 4.69) is 25.6 Å². The lowest BCUT2D eigenvalue weighted by Gasteiger charge is -2.24. The lowest BCUT2D eigenvalue weighted by molar-refractivity contribution is -0.141. The van der Waals surface area contributed by atoms with Crippen molar-refractivity contribution in [2.45, 2.75) is 44.4 Å². The summed E-state index contributed by atoms with van der Waals surface area (Å²) in [5, 5.41) is 6.56. The Kier molecular flexibility index (Phi) is 5.38. The Hall–Kier alpha value is -2.36. The van der Waals surface area contributed by atoms with Crippen LogP contribution in [-0.4, -0.2) is 45.3 Å². The molecule has 4 heterocycles. The van der Waals surface area contributed by atoms with Gasteiger partial charge in [-0.3, -0.25) is 0 Å². The molecule has 4 rings (SSSR count). The number of anilines is 2. The van der Waals surface area contributed by atoms with Gasteiger partial charge in [-0.2, -0.15) is 18.2 Å². The molecule has 0 saturated carbocycles. The highest BCUT2D eigenvalue weighted by atomic mass is 19.4. The average Bonchev–Trinajstić information content (AvgIpc) is 3.11. The molecule has 0 spiro atoms. The van der Waals surface area contributed by atoms with Gasteiger partial charge in [0.05, 0.1) is 12.6 Å². The Morgan fingerprint density at radius 2 is 2.14 bits per heavy atom. The van der Waals surface area contributed by atoms with Crippen LogP contribution in [0.1, 0.15) is 30.8 Å². The number of halogens is 3. The summed E-state index contributed by atoms with van der Waals surface area (Å²) in [5.41, 5.74) is -0.815. The SMILES string of the molecule is FC(F)(F)c1cn2c(n1)CCC(CNc1nccc(NC3CCCOC3)n1)C2. The minimum Gasteiger partial charge on any atom is -0.379 e. The van der Waals surface area contributed by atoms with Crippen molar-refractivity contribution < 1.29 is 17.9 Å². The van der Waals surface area contributed by atoms with Gasteiger partial charge >= 0.3 is 6.18 Å². The van der Waals surface area contributed by atoms with Crippen LogP contribution in [0.5, 0.6) is 0 Å². The number of hydrogen-bond donors (Lipinski definition) is 2. The first-order chi connectivity index (χ1) is 13.5. The number of ether oxygens (including phenoxy) is 1. The Balaban J connectivity index is 1.32. The minimum absolute atomic E-state index is 0.190. The van der Waals surface area contributed by atoms with E-state index >= 15 is 0 Å². The van der Waals surface area contributed by atoms with E-state index in [0.717, 1.165) is 37.9 Å². The normalized spacial score (nSPS) is 22.5. The first-order valence-electron chi connectivity index (χ1n) is 9.52. The van der Waals surface area contributed by atoms with Crippen LogP contribution in [0.2, 0.25) is 0 Å². The molecule has 0 radical (unpaired) electrons. The highest BCUT2D eigenvalue weighted by Crippen LogP contribution is 2.30. The summed E-state index contributed by atoms with van der Waals surface area (Å²) in [7, 11) is 0. The van der Waals surface area contributed by atoms with Crippen molar-refractivity contribution in [3.8, 4) is 0 Å². The van der Waals surface area contributed by atoms with E-state index < -0.39 is 11.9 Å². The maximum atomic E-state index is 12.8. The Bertz CT molecular complexity index is 803. The standard InChI is InChI=1S/C18H23F3N6O/c19-18(20,21)14-10-27-9-12(3-4-16(27)25-14)8-23-17-22-6-5-15(26-17)24-13-2-1-7-28-11-13/h5-6,10,12-13H,1-4,7-9,11H2,(H2,22,23,24,26). The molecule has 10 heteroatoms. The molecule has 28 heavy (non-hydrogen) atoms. The lowest BCUT2D eigenvalue weighted by atomic mass is 9.99. The number of hydrogen-bond acceptors (Lipinski definition) is 6. The molecule has 7 nitrogen and oxygen atoms in total. The highest BCUT2D eigenvalue weighted by molar-refractivity contribution is 5.40. The number of alkyl halides is 3. The molecule has 0 amide bonds. The van der Waals surface area contributed by atoms with Crippen LogP contribution in [0, 0.1) is 5.92 Å². The Morgan fingerprint density at radius 3 is 2.93 bits per heavy atom. The maximum absolute atomic E-state index is 12.8. The van der Waals surface area contributed by atoms with Gasteiger partial charge in [0.2, 0.25) is 5.95 Å². The van der Waals surface area contributed by atoms with Crippen LogP contribution in [0.3, 0.4) is 0 Å². The van der Waals surface area contributed by atoms with Crippen molar-refractivity contribution in [2.75, 3.05) is 30.4 Å². The fourth-order valence-corrected chi connectivity index (χ4v) is 3.64. The van der Waals surface area contributed by atoms with Gasteiger partial charge in [0.25, 0.3) is 0 Å². The number of rotatable bonds is 5. The first kappa shape index (κ1) is 19.0. The Morgan fingerprint density at radius 1 is 1.25 bits per heavy atom. The summed E-state index contributed by atoms with van der Waals surface area (Å²) in [6.07, 6.45) is 1.78. The molecule has 152 valence electrons. The van der Waals surface area contributed by atoms with Crippen molar-refractivity contribution in [3.63, 3.8) is 0 Å². The summed E-state index contributed by atoms with van der Waals surface area (Å²) in [6, 6.07) is 2.06. The predicted octanol–water partition coefficient (Wildman–Crippen LogP) is 2.96. The smallest absolute Gasteiger partial charge is 0.379 e. The molecule has 2 unspecified atom stereocenters. The molecule has 1 fully saturated rings. The van der Waals surface area contributed by atoms with Crippen molar-refractivity contribution in [1.82, 2.24) is 19.5 Å². The van der Waals surface area contributed by atoms with Crippen molar-refractivity contribution in [3.05, 3.63) is 30.0 Å². The van der Waals surface area contributed by atoms with Gasteiger partial charge in [0.1, 0.15) is 11.6 Å². The van der Waals surface area contributed by atoms with Crippen LogP contribution >= 0.6 is 0 Å². The highest BCUT2D eigenvalue weighted by Gasteiger charge is 2.35. The number of fused-ring (bicyclic) bond motifs is 1. The minimum atomic E-state index is -4.40. The van der Waals surface area contributed by atoms with E-state index in [1.54, 1.807) is 10.8 Å². The molecule has 2 aliphatic rings. The summed E-state index contributed by atoms with van der Waals surface area (Å²) in [4.78, 5) is 12.4. The Labute approximate surface area is 160 Å². The number of aromatic nitrogens is 4. The first-order valence-corrected chi connectivity index (χ1v) is 9.52. The van der Waals surface area contributed by atoms with E-state index in [1.165, 1.54) is 0 Å². The van der Waals surface area contributed by atoms with Crippen LogP contribution < -0.4 is 10.6 Å². The van der Waals surface area contributed by atoms with Gasteiger partial charge < -0.3 is 19.9 Å². The molecular formula is C18H23F3N6O. The van der Waals surface area contributed by atoms with Gasteiger partial charge in [0, 0.05) is 38.5 Å². The number of nitrogens with zero attached hydrogens (tertiary/aromatic N) is 4. The number of aryl methyl sites for hydroxylation is 1. The third-order valence-electron chi connectivity index (χ3n) is 5.10.